The van der Waals surface area contributed by atoms with Crippen molar-refractivity contribution in [3.05, 3.63) is 58.1 Å². The molecule has 0 bridgehead atoms. The zero-order valence-electron chi connectivity index (χ0n) is 17.7. The van der Waals surface area contributed by atoms with Gasteiger partial charge in [-0.3, -0.25) is 14.5 Å². The minimum Gasteiger partial charge on any atom is -0.496 e. The third-order valence-electron chi connectivity index (χ3n) is 6.17. The third-order valence-corrected chi connectivity index (χ3v) is 6.58. The molecule has 30 heavy (non-hydrogen) atoms. The topological polar surface area (TPSA) is 61.9 Å². The molecule has 0 spiro atoms. The molecule has 4 rings (SSSR count). The van der Waals surface area contributed by atoms with E-state index in [9.17, 15) is 9.59 Å². The van der Waals surface area contributed by atoms with Gasteiger partial charge in [-0.25, -0.2) is 0 Å². The van der Waals surface area contributed by atoms with Crippen LogP contribution in [0.25, 0.3) is 0 Å². The van der Waals surface area contributed by atoms with Gasteiger partial charge in [-0.05, 0) is 43.5 Å². The molecule has 0 aromatic heterocycles. The fraction of sp³-hybridized carbons (Fsp3) is 0.391. The number of likely N-dealkylation sites (N-methyl/N-ethyl adjacent to an activating group) is 1. The number of carbonyl (C=O) groups excluding carboxylic acids is 2. The summed E-state index contributed by atoms with van der Waals surface area (Å²) in [4.78, 5) is 30.5. The molecule has 2 aromatic rings. The van der Waals surface area contributed by atoms with Crippen LogP contribution in [-0.4, -0.2) is 55.4 Å². The number of carbonyl (C=O) groups is 2. The van der Waals surface area contributed by atoms with Crippen molar-refractivity contribution >= 4 is 29.1 Å². The Morgan fingerprint density at radius 3 is 2.70 bits per heavy atom. The maximum Gasteiger partial charge on any atom is 0.254 e. The number of ether oxygens (including phenoxy) is 1. The molecular formula is C23H26ClN3O3. The van der Waals surface area contributed by atoms with Gasteiger partial charge >= 0.3 is 0 Å². The van der Waals surface area contributed by atoms with Gasteiger partial charge in [-0.2, -0.15) is 0 Å². The number of halogens is 1. The van der Waals surface area contributed by atoms with E-state index in [1.807, 2.05) is 42.2 Å². The van der Waals surface area contributed by atoms with Crippen molar-refractivity contribution in [1.82, 2.24) is 9.80 Å². The lowest BCUT2D eigenvalue weighted by atomic mass is 9.80. The van der Waals surface area contributed by atoms with Crippen LogP contribution in [0.5, 0.6) is 5.75 Å². The van der Waals surface area contributed by atoms with Crippen molar-refractivity contribution < 1.29 is 14.3 Å². The molecule has 6 nitrogen and oxygen atoms in total. The minimum atomic E-state index is -1.18. The van der Waals surface area contributed by atoms with Gasteiger partial charge in [0.25, 0.3) is 5.91 Å². The molecule has 1 unspecified atom stereocenters. The SMILES string of the molecule is COc1ccccc1C1(N2CCC[C@H]2C(=O)N(C)C)C(=O)Nc2cc(Cl)c(C)cc21. The van der Waals surface area contributed by atoms with E-state index in [0.717, 1.165) is 23.1 Å². The number of benzene rings is 2. The van der Waals surface area contributed by atoms with Gasteiger partial charge in [0, 0.05) is 42.5 Å². The van der Waals surface area contributed by atoms with Crippen molar-refractivity contribution in [2.45, 2.75) is 31.3 Å². The van der Waals surface area contributed by atoms with Crippen molar-refractivity contribution in [3.8, 4) is 5.75 Å². The fourth-order valence-electron chi connectivity index (χ4n) is 4.79. The first-order valence-electron chi connectivity index (χ1n) is 10.1. The lowest BCUT2D eigenvalue weighted by molar-refractivity contribution is -0.138. The summed E-state index contributed by atoms with van der Waals surface area (Å²) in [5, 5.41) is 3.62. The highest BCUT2D eigenvalue weighted by atomic mass is 35.5. The molecule has 0 aliphatic carbocycles. The summed E-state index contributed by atoms with van der Waals surface area (Å²) >= 11 is 6.37. The first kappa shape index (κ1) is 20.7. The highest BCUT2D eigenvalue weighted by molar-refractivity contribution is 6.32. The van der Waals surface area contributed by atoms with Gasteiger partial charge in [-0.1, -0.05) is 29.8 Å². The largest absolute Gasteiger partial charge is 0.496 e. The maximum absolute atomic E-state index is 13.8. The van der Waals surface area contributed by atoms with Crippen LogP contribution in [0.1, 0.15) is 29.5 Å². The quantitative estimate of drug-likeness (QED) is 0.812. The van der Waals surface area contributed by atoms with Gasteiger partial charge in [0.15, 0.2) is 5.54 Å². The van der Waals surface area contributed by atoms with Crippen molar-refractivity contribution in [1.29, 1.82) is 0 Å². The van der Waals surface area contributed by atoms with Crippen LogP contribution < -0.4 is 10.1 Å². The molecule has 2 heterocycles. The van der Waals surface area contributed by atoms with Gasteiger partial charge in [0.1, 0.15) is 5.75 Å². The Kier molecular flexibility index (Phi) is 5.24. The average molecular weight is 428 g/mol. The Morgan fingerprint density at radius 2 is 2.00 bits per heavy atom. The molecule has 7 heteroatoms. The van der Waals surface area contributed by atoms with Crippen LogP contribution in [0.2, 0.25) is 5.02 Å². The molecule has 1 saturated heterocycles. The standard InChI is InChI=1S/C23H26ClN3O3/c1-14-12-16-18(13-17(14)24)25-22(29)23(16,15-8-5-6-10-20(15)30-4)27-11-7-9-19(27)21(28)26(2)3/h5-6,8,10,12-13,19H,7,9,11H2,1-4H3,(H,25,29)/t19-,23?/m0/s1. The lowest BCUT2D eigenvalue weighted by Crippen LogP contribution is -2.57. The van der Waals surface area contributed by atoms with E-state index in [4.69, 9.17) is 16.3 Å². The Balaban J connectivity index is 2.03. The van der Waals surface area contributed by atoms with E-state index >= 15 is 0 Å². The van der Waals surface area contributed by atoms with E-state index in [2.05, 4.69) is 5.32 Å². The number of aryl methyl sites for hydroxylation is 1. The summed E-state index contributed by atoms with van der Waals surface area (Å²) in [6.45, 7) is 2.54. The summed E-state index contributed by atoms with van der Waals surface area (Å²) in [6, 6.07) is 10.9. The molecule has 1 fully saturated rings. The molecule has 158 valence electrons. The predicted molar refractivity (Wildman–Crippen MR) is 117 cm³/mol. The van der Waals surface area contributed by atoms with Gasteiger partial charge in [-0.15, -0.1) is 0 Å². The molecule has 0 saturated carbocycles. The predicted octanol–water partition coefficient (Wildman–Crippen LogP) is 3.41. The average Bonchev–Trinajstić information content (AvgIpc) is 3.30. The number of hydrogen-bond acceptors (Lipinski definition) is 4. The zero-order chi connectivity index (χ0) is 21.6. The normalized spacial score (nSPS) is 23.2. The van der Waals surface area contributed by atoms with Crippen LogP contribution in [-0.2, 0) is 15.1 Å². The van der Waals surface area contributed by atoms with Gasteiger partial charge in [0.05, 0.1) is 13.2 Å². The summed E-state index contributed by atoms with van der Waals surface area (Å²) in [5.74, 6) is 0.409. The van der Waals surface area contributed by atoms with E-state index in [0.29, 0.717) is 29.4 Å². The Hall–Kier alpha value is -2.57. The summed E-state index contributed by atoms with van der Waals surface area (Å²) in [7, 11) is 5.10. The number of methoxy groups -OCH3 is 1. The highest BCUT2D eigenvalue weighted by Crippen LogP contribution is 2.51. The van der Waals surface area contributed by atoms with Gasteiger partial charge in [0.2, 0.25) is 5.91 Å². The molecule has 2 atom stereocenters. The third kappa shape index (κ3) is 2.89. The number of amides is 2. The summed E-state index contributed by atoms with van der Waals surface area (Å²) in [5.41, 5.74) is 1.90. The Morgan fingerprint density at radius 1 is 1.27 bits per heavy atom. The second-order valence-corrected chi connectivity index (χ2v) is 8.50. The first-order valence-corrected chi connectivity index (χ1v) is 10.4. The van der Waals surface area contributed by atoms with E-state index < -0.39 is 11.6 Å². The molecule has 2 aliphatic heterocycles. The second kappa shape index (κ2) is 7.60. The smallest absolute Gasteiger partial charge is 0.254 e. The minimum absolute atomic E-state index is 0.00583. The molecule has 2 aromatic carbocycles. The molecule has 1 N–H and O–H groups in total. The van der Waals surface area contributed by atoms with Gasteiger partial charge < -0.3 is 15.0 Å². The van der Waals surface area contributed by atoms with Crippen molar-refractivity contribution in [3.63, 3.8) is 0 Å². The number of likely N-dealkylation sites (tertiary alicyclic amines) is 1. The summed E-state index contributed by atoms with van der Waals surface area (Å²) < 4.78 is 5.67. The monoisotopic (exact) mass is 427 g/mol. The molecular weight excluding hydrogens is 402 g/mol. The van der Waals surface area contributed by atoms with Crippen LogP contribution >= 0.6 is 11.6 Å². The Labute approximate surface area is 181 Å². The van der Waals surface area contributed by atoms with Crippen LogP contribution in [0.15, 0.2) is 36.4 Å². The van der Waals surface area contributed by atoms with Crippen molar-refractivity contribution in [2.24, 2.45) is 0 Å². The summed E-state index contributed by atoms with van der Waals surface area (Å²) in [6.07, 6.45) is 1.53. The molecule has 2 aliphatic rings. The number of rotatable bonds is 4. The lowest BCUT2D eigenvalue weighted by Gasteiger charge is -2.41. The Bertz CT molecular complexity index is 1020. The number of nitrogens with zero attached hydrogens (tertiary/aromatic N) is 2. The molecule has 0 radical (unpaired) electrons. The number of anilines is 1. The molecule has 2 amide bonds. The fourth-order valence-corrected chi connectivity index (χ4v) is 4.96. The van der Waals surface area contributed by atoms with Crippen LogP contribution in [0, 0.1) is 6.92 Å². The highest BCUT2D eigenvalue weighted by Gasteiger charge is 2.58. The number of fused-ring (bicyclic) bond motifs is 1. The van der Waals surface area contributed by atoms with Crippen LogP contribution in [0.3, 0.4) is 0 Å². The first-order chi connectivity index (χ1) is 14.3. The number of nitrogens with one attached hydrogen (secondary N) is 1. The number of para-hydroxylation sites is 1. The number of hydrogen-bond donors (Lipinski definition) is 1. The maximum atomic E-state index is 13.8. The van der Waals surface area contributed by atoms with Crippen LogP contribution in [0.4, 0.5) is 5.69 Å². The second-order valence-electron chi connectivity index (χ2n) is 8.10. The zero-order valence-corrected chi connectivity index (χ0v) is 18.4. The van der Waals surface area contributed by atoms with E-state index in [-0.39, 0.29) is 11.8 Å². The van der Waals surface area contributed by atoms with E-state index in [1.165, 1.54) is 0 Å². The van der Waals surface area contributed by atoms with Crippen molar-refractivity contribution in [2.75, 3.05) is 33.1 Å². The van der Waals surface area contributed by atoms with E-state index in [1.54, 1.807) is 32.2 Å².